The lowest BCUT2D eigenvalue weighted by Crippen LogP contribution is -2.37. The van der Waals surface area contributed by atoms with Crippen molar-refractivity contribution < 1.29 is 9.18 Å². The van der Waals surface area contributed by atoms with Crippen LogP contribution in [0.5, 0.6) is 0 Å². The van der Waals surface area contributed by atoms with Gasteiger partial charge in [-0.05, 0) is 24.1 Å². The van der Waals surface area contributed by atoms with Crippen LogP contribution in [0, 0.1) is 5.82 Å². The van der Waals surface area contributed by atoms with E-state index in [1.807, 2.05) is 30.3 Å². The molecular formula is C16H14BrClFNO. The molecule has 0 aromatic heterocycles. The molecule has 5 heteroatoms. The Morgan fingerprint density at radius 2 is 1.90 bits per heavy atom. The number of rotatable bonds is 5. The van der Waals surface area contributed by atoms with Crippen molar-refractivity contribution in [1.29, 1.82) is 0 Å². The fraction of sp³-hybridized carbons (Fsp3) is 0.188. The molecular weight excluding hydrogens is 357 g/mol. The van der Waals surface area contributed by atoms with E-state index in [9.17, 15) is 9.18 Å². The lowest BCUT2D eigenvalue weighted by molar-refractivity contribution is 0.0940. The van der Waals surface area contributed by atoms with Crippen LogP contribution in [0.1, 0.15) is 15.9 Å². The SMILES string of the molecule is O=C(NC(CBr)Cc1ccccc1)c1cccc(F)c1Cl. The second kappa shape index (κ2) is 7.57. The summed E-state index contributed by atoms with van der Waals surface area (Å²) in [6.45, 7) is 0. The van der Waals surface area contributed by atoms with Crippen molar-refractivity contribution in [3.05, 3.63) is 70.5 Å². The van der Waals surface area contributed by atoms with Crippen LogP contribution < -0.4 is 5.32 Å². The van der Waals surface area contributed by atoms with Crippen LogP contribution in [0.25, 0.3) is 0 Å². The number of nitrogens with one attached hydrogen (secondary N) is 1. The van der Waals surface area contributed by atoms with Gasteiger partial charge >= 0.3 is 0 Å². The molecule has 0 aliphatic rings. The zero-order chi connectivity index (χ0) is 15.2. The van der Waals surface area contributed by atoms with Gasteiger partial charge < -0.3 is 5.32 Å². The first kappa shape index (κ1) is 16.0. The fourth-order valence-corrected chi connectivity index (χ4v) is 2.59. The minimum atomic E-state index is -0.595. The number of amides is 1. The highest BCUT2D eigenvalue weighted by atomic mass is 79.9. The second-order valence-corrected chi connectivity index (χ2v) is 5.64. The van der Waals surface area contributed by atoms with E-state index in [2.05, 4.69) is 21.2 Å². The average Bonchev–Trinajstić information content (AvgIpc) is 2.50. The maximum Gasteiger partial charge on any atom is 0.253 e. The predicted octanol–water partition coefficient (Wildman–Crippen LogP) is 4.22. The Balaban J connectivity index is 2.08. The van der Waals surface area contributed by atoms with E-state index in [0.29, 0.717) is 11.8 Å². The van der Waals surface area contributed by atoms with Gasteiger partial charge in [-0.1, -0.05) is 63.9 Å². The zero-order valence-electron chi connectivity index (χ0n) is 11.2. The molecule has 0 spiro atoms. The number of carbonyl (C=O) groups is 1. The van der Waals surface area contributed by atoms with Gasteiger partial charge in [0.05, 0.1) is 10.6 Å². The van der Waals surface area contributed by atoms with Gasteiger partial charge in [-0.2, -0.15) is 0 Å². The molecule has 2 rings (SSSR count). The summed E-state index contributed by atoms with van der Waals surface area (Å²) in [5.41, 5.74) is 1.27. The van der Waals surface area contributed by atoms with Crippen LogP contribution in [0.2, 0.25) is 5.02 Å². The first-order valence-corrected chi connectivity index (χ1v) is 7.96. The summed E-state index contributed by atoms with van der Waals surface area (Å²) < 4.78 is 13.4. The van der Waals surface area contributed by atoms with Crippen LogP contribution >= 0.6 is 27.5 Å². The molecule has 0 fully saturated rings. The van der Waals surface area contributed by atoms with Gasteiger partial charge in [-0.25, -0.2) is 4.39 Å². The van der Waals surface area contributed by atoms with E-state index in [0.717, 1.165) is 5.56 Å². The van der Waals surface area contributed by atoms with Crippen molar-refractivity contribution in [2.45, 2.75) is 12.5 Å². The topological polar surface area (TPSA) is 29.1 Å². The molecule has 0 saturated heterocycles. The van der Waals surface area contributed by atoms with Crippen molar-refractivity contribution in [3.8, 4) is 0 Å². The third-order valence-corrected chi connectivity index (χ3v) is 4.21. The largest absolute Gasteiger partial charge is 0.348 e. The highest BCUT2D eigenvalue weighted by Crippen LogP contribution is 2.19. The van der Waals surface area contributed by atoms with Crippen LogP contribution in [0.3, 0.4) is 0 Å². The molecule has 0 saturated carbocycles. The Hall–Kier alpha value is -1.39. The summed E-state index contributed by atoms with van der Waals surface area (Å²) in [5, 5.41) is 3.31. The number of benzene rings is 2. The number of hydrogen-bond donors (Lipinski definition) is 1. The van der Waals surface area contributed by atoms with Gasteiger partial charge in [0.25, 0.3) is 5.91 Å². The predicted molar refractivity (Wildman–Crippen MR) is 86.6 cm³/mol. The third kappa shape index (κ3) is 4.29. The summed E-state index contributed by atoms with van der Waals surface area (Å²) in [6, 6.07) is 13.9. The highest BCUT2D eigenvalue weighted by molar-refractivity contribution is 9.09. The van der Waals surface area contributed by atoms with Crippen molar-refractivity contribution in [3.63, 3.8) is 0 Å². The monoisotopic (exact) mass is 369 g/mol. The minimum Gasteiger partial charge on any atom is -0.348 e. The van der Waals surface area contributed by atoms with Gasteiger partial charge in [0.15, 0.2) is 0 Å². The quantitative estimate of drug-likeness (QED) is 0.785. The molecule has 0 radical (unpaired) electrons. The molecule has 0 aliphatic heterocycles. The molecule has 1 unspecified atom stereocenters. The Morgan fingerprint density at radius 3 is 2.57 bits per heavy atom. The van der Waals surface area contributed by atoms with Crippen LogP contribution in [-0.4, -0.2) is 17.3 Å². The molecule has 21 heavy (non-hydrogen) atoms. The highest BCUT2D eigenvalue weighted by Gasteiger charge is 2.17. The van der Waals surface area contributed by atoms with E-state index < -0.39 is 5.82 Å². The lowest BCUT2D eigenvalue weighted by atomic mass is 10.1. The van der Waals surface area contributed by atoms with Crippen molar-refractivity contribution in [2.75, 3.05) is 5.33 Å². The maximum absolute atomic E-state index is 13.4. The van der Waals surface area contributed by atoms with Crippen molar-refractivity contribution in [1.82, 2.24) is 5.32 Å². The number of hydrogen-bond acceptors (Lipinski definition) is 1. The smallest absolute Gasteiger partial charge is 0.253 e. The van der Waals surface area contributed by atoms with Gasteiger partial charge in [-0.15, -0.1) is 0 Å². The van der Waals surface area contributed by atoms with Crippen LogP contribution in [-0.2, 0) is 6.42 Å². The summed E-state index contributed by atoms with van der Waals surface area (Å²) in [4.78, 5) is 12.2. The van der Waals surface area contributed by atoms with Gasteiger partial charge in [-0.3, -0.25) is 4.79 Å². The zero-order valence-corrected chi connectivity index (χ0v) is 13.5. The van der Waals surface area contributed by atoms with E-state index in [-0.39, 0.29) is 22.5 Å². The molecule has 0 heterocycles. The summed E-state index contributed by atoms with van der Waals surface area (Å²) in [6.07, 6.45) is 0.685. The average molecular weight is 371 g/mol. The molecule has 110 valence electrons. The maximum atomic E-state index is 13.4. The second-order valence-electron chi connectivity index (χ2n) is 4.62. The first-order chi connectivity index (χ1) is 10.1. The third-order valence-electron chi connectivity index (χ3n) is 3.04. The summed E-state index contributed by atoms with van der Waals surface area (Å²) >= 11 is 9.21. The Bertz CT molecular complexity index is 621. The molecule has 2 nitrogen and oxygen atoms in total. The van der Waals surface area contributed by atoms with Crippen LogP contribution in [0.4, 0.5) is 4.39 Å². The summed E-state index contributed by atoms with van der Waals surface area (Å²) in [5.74, 6) is -0.970. The Labute approximate surface area is 136 Å². The summed E-state index contributed by atoms with van der Waals surface area (Å²) in [7, 11) is 0. The molecule has 0 aliphatic carbocycles. The van der Waals surface area contributed by atoms with Crippen molar-refractivity contribution in [2.24, 2.45) is 0 Å². The first-order valence-electron chi connectivity index (χ1n) is 6.46. The molecule has 2 aromatic rings. The van der Waals surface area contributed by atoms with E-state index in [4.69, 9.17) is 11.6 Å². The molecule has 1 N–H and O–H groups in total. The normalized spacial score (nSPS) is 12.0. The van der Waals surface area contributed by atoms with Gasteiger partial charge in [0.1, 0.15) is 5.82 Å². The number of halogens is 3. The minimum absolute atomic E-state index is 0.0979. The molecule has 1 amide bonds. The fourth-order valence-electron chi connectivity index (χ4n) is 1.99. The van der Waals surface area contributed by atoms with E-state index in [1.54, 1.807) is 0 Å². The Morgan fingerprint density at radius 1 is 1.19 bits per heavy atom. The van der Waals surface area contributed by atoms with Crippen molar-refractivity contribution >= 4 is 33.4 Å². The van der Waals surface area contributed by atoms with E-state index in [1.165, 1.54) is 18.2 Å². The standard InChI is InChI=1S/C16H14BrClFNO/c17-10-12(9-11-5-2-1-3-6-11)20-16(21)13-7-4-8-14(19)15(13)18/h1-8,12H,9-10H2,(H,20,21). The molecule has 0 bridgehead atoms. The number of carbonyl (C=O) groups excluding carboxylic acids is 1. The van der Waals surface area contributed by atoms with E-state index >= 15 is 0 Å². The molecule has 1 atom stereocenters. The van der Waals surface area contributed by atoms with Gasteiger partial charge in [0, 0.05) is 11.4 Å². The van der Waals surface area contributed by atoms with Gasteiger partial charge in [0.2, 0.25) is 0 Å². The Kier molecular flexibility index (Phi) is 5.76. The van der Waals surface area contributed by atoms with Crippen LogP contribution in [0.15, 0.2) is 48.5 Å². The lowest BCUT2D eigenvalue weighted by Gasteiger charge is -2.17. The number of alkyl halides is 1. The molecule has 2 aromatic carbocycles.